The number of hydrogen-bond donors (Lipinski definition) is 2. The summed E-state index contributed by atoms with van der Waals surface area (Å²) < 4.78 is 5.67. The van der Waals surface area contributed by atoms with Crippen LogP contribution < -0.4 is 10.6 Å². The molecule has 4 heteroatoms. The Morgan fingerprint density at radius 2 is 1.64 bits per heavy atom. The van der Waals surface area contributed by atoms with Gasteiger partial charge in [0.15, 0.2) is 0 Å². The van der Waals surface area contributed by atoms with Crippen LogP contribution in [0.4, 0.5) is 0 Å². The summed E-state index contributed by atoms with van der Waals surface area (Å²) in [5, 5.41) is 7.01. The van der Waals surface area contributed by atoms with E-state index in [1.807, 2.05) is 37.3 Å². The van der Waals surface area contributed by atoms with E-state index in [1.165, 1.54) is 38.5 Å². The van der Waals surface area contributed by atoms with Gasteiger partial charge in [0, 0.05) is 5.54 Å². The van der Waals surface area contributed by atoms with Crippen molar-refractivity contribution in [2.45, 2.75) is 63.1 Å². The zero-order chi connectivity index (χ0) is 19.1. The van der Waals surface area contributed by atoms with Gasteiger partial charge in [-0.2, -0.15) is 0 Å². The van der Waals surface area contributed by atoms with Crippen molar-refractivity contribution in [2.75, 3.05) is 0 Å². The molecule has 1 aromatic heterocycles. The average Bonchev–Trinajstić information content (AvgIpc) is 3.19. The van der Waals surface area contributed by atoms with Gasteiger partial charge in [0.05, 0.1) is 18.3 Å². The molecule has 1 heterocycles. The molecule has 0 radical (unpaired) electrons. The maximum Gasteiger partial charge on any atom is 0.237 e. The molecule has 4 saturated carbocycles. The van der Waals surface area contributed by atoms with Gasteiger partial charge >= 0.3 is 0 Å². The van der Waals surface area contributed by atoms with Crippen LogP contribution in [0.3, 0.4) is 0 Å². The van der Waals surface area contributed by atoms with Crippen molar-refractivity contribution in [1.29, 1.82) is 0 Å². The van der Waals surface area contributed by atoms with Crippen LogP contribution in [-0.4, -0.2) is 17.5 Å². The maximum atomic E-state index is 13.2. The number of rotatable bonds is 6. The molecular formula is C24H30N2O2. The fraction of sp³-hybridized carbons (Fsp3) is 0.542. The van der Waals surface area contributed by atoms with E-state index in [1.54, 1.807) is 6.26 Å². The van der Waals surface area contributed by atoms with Gasteiger partial charge in [-0.25, -0.2) is 0 Å². The number of nitrogens with one attached hydrogen (secondary N) is 2. The van der Waals surface area contributed by atoms with Crippen LogP contribution in [0.1, 0.15) is 62.8 Å². The second kappa shape index (κ2) is 7.07. The van der Waals surface area contributed by atoms with Crippen LogP contribution in [0, 0.1) is 17.8 Å². The Kier molecular flexibility index (Phi) is 4.54. The van der Waals surface area contributed by atoms with Crippen molar-refractivity contribution < 1.29 is 9.21 Å². The summed E-state index contributed by atoms with van der Waals surface area (Å²) in [6.45, 7) is 1.97. The van der Waals surface area contributed by atoms with E-state index in [4.69, 9.17) is 4.42 Å². The first-order chi connectivity index (χ1) is 13.6. The minimum absolute atomic E-state index is 0.0503. The SMILES string of the molecule is C[C@@H](N[C@@H](c1ccccc1)c1ccco1)C(=O)NC12CC3CC(CC(C3)C1)C2. The summed E-state index contributed by atoms with van der Waals surface area (Å²) in [5.41, 5.74) is 1.15. The Labute approximate surface area is 167 Å². The second-order valence-electron chi connectivity index (χ2n) is 9.43. The maximum absolute atomic E-state index is 13.2. The number of furan rings is 1. The highest BCUT2D eigenvalue weighted by molar-refractivity contribution is 5.82. The van der Waals surface area contributed by atoms with Crippen molar-refractivity contribution >= 4 is 5.91 Å². The summed E-state index contributed by atoms with van der Waals surface area (Å²) in [5.74, 6) is 3.44. The predicted octanol–water partition coefficient (Wildman–Crippen LogP) is 4.43. The first-order valence-electron chi connectivity index (χ1n) is 10.8. The molecule has 4 aliphatic rings. The van der Waals surface area contributed by atoms with Crippen LogP contribution in [0.25, 0.3) is 0 Å². The van der Waals surface area contributed by atoms with Crippen molar-refractivity contribution in [1.82, 2.24) is 10.6 Å². The van der Waals surface area contributed by atoms with Gasteiger partial charge in [0.2, 0.25) is 5.91 Å². The molecule has 4 nitrogen and oxygen atoms in total. The lowest BCUT2D eigenvalue weighted by Gasteiger charge is -2.57. The lowest BCUT2D eigenvalue weighted by molar-refractivity contribution is -0.128. The Morgan fingerprint density at radius 1 is 1.00 bits per heavy atom. The molecule has 2 atom stereocenters. The molecule has 1 aromatic carbocycles. The molecule has 4 bridgehead atoms. The molecule has 4 aliphatic carbocycles. The molecule has 0 saturated heterocycles. The molecule has 28 heavy (non-hydrogen) atoms. The Hall–Kier alpha value is -2.07. The third-order valence-corrected chi connectivity index (χ3v) is 7.20. The van der Waals surface area contributed by atoms with E-state index in [2.05, 4.69) is 22.8 Å². The standard InChI is InChI=1S/C24H30N2O2/c1-16(25-22(21-8-5-9-28-21)20-6-3-2-4-7-20)23(27)26-24-13-17-10-18(14-24)12-19(11-17)15-24/h2-9,16-19,22,25H,10-15H2,1H3,(H,26,27)/t16-,17?,18?,19?,22+,24?/m1/s1. The number of hydrogen-bond acceptors (Lipinski definition) is 3. The van der Waals surface area contributed by atoms with Gasteiger partial charge in [-0.1, -0.05) is 30.3 Å². The Bertz CT molecular complexity index is 779. The van der Waals surface area contributed by atoms with Gasteiger partial charge in [-0.3, -0.25) is 10.1 Å². The van der Waals surface area contributed by atoms with Gasteiger partial charge in [0.25, 0.3) is 0 Å². The van der Waals surface area contributed by atoms with Crippen molar-refractivity contribution in [2.24, 2.45) is 17.8 Å². The zero-order valence-corrected chi connectivity index (χ0v) is 16.6. The van der Waals surface area contributed by atoms with E-state index in [0.717, 1.165) is 29.1 Å². The second-order valence-corrected chi connectivity index (χ2v) is 9.43. The minimum Gasteiger partial charge on any atom is -0.467 e. The van der Waals surface area contributed by atoms with E-state index in [9.17, 15) is 4.79 Å². The molecular weight excluding hydrogens is 348 g/mol. The van der Waals surface area contributed by atoms with Crippen LogP contribution >= 0.6 is 0 Å². The van der Waals surface area contributed by atoms with Gasteiger partial charge in [-0.15, -0.1) is 0 Å². The van der Waals surface area contributed by atoms with E-state index in [-0.39, 0.29) is 23.5 Å². The van der Waals surface area contributed by atoms with Crippen LogP contribution in [0.2, 0.25) is 0 Å². The van der Waals surface area contributed by atoms with E-state index >= 15 is 0 Å². The summed E-state index contributed by atoms with van der Waals surface area (Å²) in [6.07, 6.45) is 9.38. The lowest BCUT2D eigenvalue weighted by Crippen LogP contribution is -2.62. The highest BCUT2D eigenvalue weighted by atomic mass is 16.3. The molecule has 6 rings (SSSR count). The molecule has 0 spiro atoms. The summed E-state index contributed by atoms with van der Waals surface area (Å²) in [6, 6.07) is 13.6. The van der Waals surface area contributed by atoms with Crippen molar-refractivity contribution in [3.63, 3.8) is 0 Å². The number of carbonyl (C=O) groups excluding carboxylic acids is 1. The number of carbonyl (C=O) groups is 1. The molecule has 1 amide bonds. The summed E-state index contributed by atoms with van der Waals surface area (Å²) >= 11 is 0. The number of benzene rings is 1. The van der Waals surface area contributed by atoms with Crippen molar-refractivity contribution in [3.8, 4) is 0 Å². The minimum atomic E-state index is -0.289. The highest BCUT2D eigenvalue weighted by Gasteiger charge is 2.51. The largest absolute Gasteiger partial charge is 0.467 e. The normalized spacial score (nSPS) is 32.8. The summed E-state index contributed by atoms with van der Waals surface area (Å²) in [7, 11) is 0. The highest BCUT2D eigenvalue weighted by Crippen LogP contribution is 2.55. The average molecular weight is 379 g/mol. The molecule has 2 N–H and O–H groups in total. The fourth-order valence-electron chi connectivity index (χ4n) is 6.40. The van der Waals surface area contributed by atoms with Crippen LogP contribution in [-0.2, 0) is 4.79 Å². The van der Waals surface area contributed by atoms with Gasteiger partial charge in [-0.05, 0) is 80.9 Å². The summed E-state index contributed by atoms with van der Waals surface area (Å²) in [4.78, 5) is 13.2. The zero-order valence-electron chi connectivity index (χ0n) is 16.6. The van der Waals surface area contributed by atoms with Crippen molar-refractivity contribution in [3.05, 3.63) is 60.1 Å². The fourth-order valence-corrected chi connectivity index (χ4v) is 6.40. The number of amides is 1. The third kappa shape index (κ3) is 3.39. The Morgan fingerprint density at radius 3 is 2.21 bits per heavy atom. The quantitative estimate of drug-likeness (QED) is 0.782. The van der Waals surface area contributed by atoms with Gasteiger partial charge < -0.3 is 9.73 Å². The first kappa shape index (κ1) is 18.0. The molecule has 0 aliphatic heterocycles. The monoisotopic (exact) mass is 378 g/mol. The molecule has 2 aromatic rings. The van der Waals surface area contributed by atoms with E-state index in [0.29, 0.717) is 0 Å². The molecule has 148 valence electrons. The lowest BCUT2D eigenvalue weighted by atomic mass is 9.53. The third-order valence-electron chi connectivity index (χ3n) is 7.20. The van der Waals surface area contributed by atoms with Crippen LogP contribution in [0.5, 0.6) is 0 Å². The smallest absolute Gasteiger partial charge is 0.237 e. The van der Waals surface area contributed by atoms with Crippen LogP contribution in [0.15, 0.2) is 53.1 Å². The molecule has 0 unspecified atom stereocenters. The first-order valence-corrected chi connectivity index (χ1v) is 10.8. The topological polar surface area (TPSA) is 54.3 Å². The van der Waals surface area contributed by atoms with Gasteiger partial charge in [0.1, 0.15) is 5.76 Å². The predicted molar refractivity (Wildman–Crippen MR) is 109 cm³/mol. The molecule has 4 fully saturated rings. The Balaban J connectivity index is 1.30. The van der Waals surface area contributed by atoms with E-state index < -0.39 is 0 Å².